The van der Waals surface area contributed by atoms with Crippen LogP contribution in [-0.4, -0.2) is 36.1 Å². The minimum Gasteiger partial charge on any atom is -0.395 e. The first kappa shape index (κ1) is 15.3. The zero-order valence-electron chi connectivity index (χ0n) is 9.41. The molecular weight excluding hydrogens is 315 g/mol. The van der Waals surface area contributed by atoms with Gasteiger partial charge in [0.15, 0.2) is 0 Å². The normalized spacial score (nSPS) is 11.7. The Hall–Kier alpha value is -0.790. The Kier molecular flexibility index (Phi) is 5.43. The predicted molar refractivity (Wildman–Crippen MR) is 65.4 cm³/mol. The Balaban J connectivity index is 3.04. The highest BCUT2D eigenvalue weighted by molar-refractivity contribution is 9.10. The molecule has 102 valence electrons. The van der Waals surface area contributed by atoms with Crippen LogP contribution in [0.2, 0.25) is 0 Å². The van der Waals surface area contributed by atoms with E-state index < -0.39 is 19.3 Å². The number of nitrogens with zero attached hydrogens (tertiary/aromatic N) is 1. The second-order valence-electron chi connectivity index (χ2n) is 3.69. The summed E-state index contributed by atoms with van der Waals surface area (Å²) in [6.45, 7) is -2.07. The first-order valence-corrected chi connectivity index (χ1v) is 5.98. The van der Waals surface area contributed by atoms with Crippen molar-refractivity contribution in [1.29, 1.82) is 0 Å². The average Bonchev–Trinajstić information content (AvgIpc) is 2.26. The van der Waals surface area contributed by atoms with Crippen molar-refractivity contribution in [2.75, 3.05) is 24.6 Å². The molecule has 0 fully saturated rings. The fourth-order valence-electron chi connectivity index (χ4n) is 1.61. The summed E-state index contributed by atoms with van der Waals surface area (Å²) in [6, 6.07) is 4.63. The number of aliphatic hydroxyl groups excluding tert-OH is 2. The van der Waals surface area contributed by atoms with E-state index in [1.54, 1.807) is 12.1 Å². The van der Waals surface area contributed by atoms with E-state index in [4.69, 9.17) is 10.2 Å². The highest BCUT2D eigenvalue weighted by Gasteiger charge is 2.31. The topological polar surface area (TPSA) is 43.7 Å². The second kappa shape index (κ2) is 6.40. The van der Waals surface area contributed by atoms with Crippen molar-refractivity contribution < 1.29 is 23.4 Å². The highest BCUT2D eigenvalue weighted by Crippen LogP contribution is 2.27. The smallest absolute Gasteiger partial charge is 0.395 e. The van der Waals surface area contributed by atoms with E-state index in [0.29, 0.717) is 10.0 Å². The zero-order valence-corrected chi connectivity index (χ0v) is 11.0. The molecule has 0 radical (unpaired) electrons. The number of alkyl halides is 3. The van der Waals surface area contributed by atoms with Crippen molar-refractivity contribution in [2.24, 2.45) is 0 Å². The van der Waals surface area contributed by atoms with Crippen LogP contribution in [0.15, 0.2) is 22.7 Å². The van der Waals surface area contributed by atoms with E-state index in [-0.39, 0.29) is 18.8 Å². The minimum absolute atomic E-state index is 0.145. The van der Waals surface area contributed by atoms with Gasteiger partial charge in [0.2, 0.25) is 0 Å². The summed E-state index contributed by atoms with van der Waals surface area (Å²) in [7, 11) is 0. The molecular formula is C11H13BrF3NO2. The van der Waals surface area contributed by atoms with Crippen molar-refractivity contribution in [3.63, 3.8) is 0 Å². The Labute approximate surface area is 111 Å². The lowest BCUT2D eigenvalue weighted by atomic mass is 10.1. The van der Waals surface area contributed by atoms with Gasteiger partial charge in [-0.1, -0.05) is 15.9 Å². The van der Waals surface area contributed by atoms with Crippen LogP contribution in [0.25, 0.3) is 0 Å². The molecule has 0 atom stereocenters. The second-order valence-corrected chi connectivity index (χ2v) is 4.61. The maximum absolute atomic E-state index is 12.4. The van der Waals surface area contributed by atoms with Crippen LogP contribution < -0.4 is 4.90 Å². The molecule has 0 amide bonds. The lowest BCUT2D eigenvalue weighted by Crippen LogP contribution is -2.36. The molecule has 0 saturated heterocycles. The summed E-state index contributed by atoms with van der Waals surface area (Å²) in [5.74, 6) is 0. The van der Waals surface area contributed by atoms with Crippen LogP contribution in [0, 0.1) is 0 Å². The minimum atomic E-state index is -4.37. The van der Waals surface area contributed by atoms with Crippen molar-refractivity contribution in [3.05, 3.63) is 28.2 Å². The van der Waals surface area contributed by atoms with E-state index in [1.165, 1.54) is 6.07 Å². The quantitative estimate of drug-likeness (QED) is 0.872. The largest absolute Gasteiger partial charge is 0.405 e. The van der Waals surface area contributed by atoms with Gasteiger partial charge in [0.1, 0.15) is 6.54 Å². The molecule has 0 aliphatic carbocycles. The molecule has 18 heavy (non-hydrogen) atoms. The standard InChI is InChI=1S/C11H13BrF3NO2/c12-9-1-2-10(8(5-9)6-18)16(3-4-17)7-11(13,14)15/h1-2,5,17-18H,3-4,6-7H2. The van der Waals surface area contributed by atoms with Gasteiger partial charge in [-0.25, -0.2) is 0 Å². The molecule has 0 saturated carbocycles. The molecule has 7 heteroatoms. The molecule has 0 aromatic heterocycles. The average molecular weight is 328 g/mol. The summed E-state index contributed by atoms with van der Waals surface area (Å²) >= 11 is 3.19. The number of aliphatic hydroxyl groups is 2. The summed E-state index contributed by atoms with van der Waals surface area (Å²) in [5, 5.41) is 18.0. The van der Waals surface area contributed by atoms with Gasteiger partial charge in [-0.2, -0.15) is 13.2 Å². The van der Waals surface area contributed by atoms with Crippen LogP contribution in [-0.2, 0) is 6.61 Å². The lowest BCUT2D eigenvalue weighted by Gasteiger charge is -2.27. The van der Waals surface area contributed by atoms with E-state index >= 15 is 0 Å². The van der Waals surface area contributed by atoms with Crippen LogP contribution in [0.5, 0.6) is 0 Å². The van der Waals surface area contributed by atoms with Crippen LogP contribution in [0.1, 0.15) is 5.56 Å². The highest BCUT2D eigenvalue weighted by atomic mass is 79.9. The predicted octanol–water partition coefficient (Wildman–Crippen LogP) is 2.30. The summed E-state index contributed by atoms with van der Waals surface area (Å²) in [4.78, 5) is 0.998. The SMILES string of the molecule is OCCN(CC(F)(F)F)c1ccc(Br)cc1CO. The van der Waals surface area contributed by atoms with Gasteiger partial charge in [0.25, 0.3) is 0 Å². The van der Waals surface area contributed by atoms with Crippen molar-refractivity contribution in [3.8, 4) is 0 Å². The van der Waals surface area contributed by atoms with Crippen LogP contribution in [0.4, 0.5) is 18.9 Å². The molecule has 2 N–H and O–H groups in total. The molecule has 0 aliphatic heterocycles. The third-order valence-electron chi connectivity index (χ3n) is 2.29. The first-order valence-electron chi connectivity index (χ1n) is 5.19. The fourth-order valence-corrected chi connectivity index (χ4v) is 2.02. The third-order valence-corrected chi connectivity index (χ3v) is 2.79. The Morgan fingerprint density at radius 3 is 2.39 bits per heavy atom. The van der Waals surface area contributed by atoms with Gasteiger partial charge < -0.3 is 15.1 Å². The number of hydrogen-bond donors (Lipinski definition) is 2. The van der Waals surface area contributed by atoms with Crippen molar-refractivity contribution in [2.45, 2.75) is 12.8 Å². The number of hydrogen-bond acceptors (Lipinski definition) is 3. The molecule has 1 aromatic rings. The molecule has 0 unspecified atom stereocenters. The Morgan fingerprint density at radius 1 is 1.22 bits per heavy atom. The molecule has 3 nitrogen and oxygen atoms in total. The monoisotopic (exact) mass is 327 g/mol. The molecule has 0 bridgehead atoms. The van der Waals surface area contributed by atoms with E-state index in [9.17, 15) is 13.2 Å². The lowest BCUT2D eigenvalue weighted by molar-refractivity contribution is -0.119. The van der Waals surface area contributed by atoms with Gasteiger partial charge in [-0.05, 0) is 18.2 Å². The van der Waals surface area contributed by atoms with Gasteiger partial charge in [0, 0.05) is 22.3 Å². The van der Waals surface area contributed by atoms with Crippen molar-refractivity contribution >= 4 is 21.6 Å². The summed E-state index contributed by atoms with van der Waals surface area (Å²) < 4.78 is 38.0. The zero-order chi connectivity index (χ0) is 13.8. The summed E-state index contributed by atoms with van der Waals surface area (Å²) in [5.41, 5.74) is 0.647. The van der Waals surface area contributed by atoms with Gasteiger partial charge in [0.05, 0.1) is 13.2 Å². The maximum Gasteiger partial charge on any atom is 0.405 e. The maximum atomic E-state index is 12.4. The van der Waals surface area contributed by atoms with Crippen molar-refractivity contribution in [1.82, 2.24) is 0 Å². The van der Waals surface area contributed by atoms with E-state index in [0.717, 1.165) is 4.90 Å². The van der Waals surface area contributed by atoms with Gasteiger partial charge in [-0.3, -0.25) is 0 Å². The molecule has 1 aromatic carbocycles. The molecule has 1 rings (SSSR count). The Bertz CT molecular complexity index is 398. The van der Waals surface area contributed by atoms with E-state index in [2.05, 4.69) is 15.9 Å². The van der Waals surface area contributed by atoms with Crippen LogP contribution >= 0.6 is 15.9 Å². The fraction of sp³-hybridized carbons (Fsp3) is 0.455. The van der Waals surface area contributed by atoms with E-state index in [1.807, 2.05) is 0 Å². The Morgan fingerprint density at radius 2 is 1.89 bits per heavy atom. The van der Waals surface area contributed by atoms with Crippen LogP contribution in [0.3, 0.4) is 0 Å². The molecule has 0 heterocycles. The van der Waals surface area contributed by atoms with Gasteiger partial charge in [-0.15, -0.1) is 0 Å². The third kappa shape index (κ3) is 4.47. The number of benzene rings is 1. The molecule has 0 spiro atoms. The molecule has 0 aliphatic rings. The number of rotatable bonds is 5. The number of halogens is 4. The summed E-state index contributed by atoms with van der Waals surface area (Å²) in [6.07, 6.45) is -4.37. The van der Waals surface area contributed by atoms with Gasteiger partial charge >= 0.3 is 6.18 Å². The number of anilines is 1. The first-order chi connectivity index (χ1) is 8.37.